The largest absolute Gasteiger partial charge is 0.363 e. The Morgan fingerprint density at radius 1 is 1.12 bits per heavy atom. The van der Waals surface area contributed by atoms with E-state index in [1.807, 2.05) is 62.4 Å². The van der Waals surface area contributed by atoms with E-state index in [4.69, 9.17) is 0 Å². The Morgan fingerprint density at radius 3 is 2.58 bits per heavy atom. The first-order valence-corrected chi connectivity index (χ1v) is 9.87. The summed E-state index contributed by atoms with van der Waals surface area (Å²) in [4.78, 5) is 13.1. The van der Waals surface area contributed by atoms with E-state index < -0.39 is 5.25 Å². The van der Waals surface area contributed by atoms with Gasteiger partial charge < -0.3 is 10.6 Å². The van der Waals surface area contributed by atoms with Gasteiger partial charge in [-0.2, -0.15) is 0 Å². The predicted octanol–water partition coefficient (Wildman–Crippen LogP) is 4.67. The highest BCUT2D eigenvalue weighted by atomic mass is 32.2. The molecule has 0 spiro atoms. The van der Waals surface area contributed by atoms with Gasteiger partial charge in [0, 0.05) is 12.7 Å². The molecule has 0 bridgehead atoms. The average molecular weight is 385 g/mol. The maximum atomic E-state index is 13.1. The fourth-order valence-corrected chi connectivity index (χ4v) is 4.33. The molecule has 0 aliphatic carbocycles. The molecule has 134 valence electrons. The minimum atomic E-state index is -0.409. The van der Waals surface area contributed by atoms with Crippen LogP contribution >= 0.6 is 23.1 Å². The predicted molar refractivity (Wildman–Crippen MR) is 109 cm³/mol. The maximum absolute atomic E-state index is 13.1. The van der Waals surface area contributed by atoms with Crippen LogP contribution in [-0.4, -0.2) is 23.2 Å². The molecule has 3 aromatic rings. The standard InChI is InChI=1S/C19H20N4OS2/c1-12-9-10-13(2)15(11-12)21-17(24)16(14-7-5-4-6-8-14)25-19-23-22-18(20-3)26-19/h4-11,16H,1-3H3,(H,20,22)(H,21,24)/t16-/m0/s1. The SMILES string of the molecule is CNc1nnc(S[C@H](C(=O)Nc2cc(C)ccc2C)c2ccccc2)s1. The van der Waals surface area contributed by atoms with Crippen LogP contribution < -0.4 is 10.6 Å². The molecule has 0 saturated heterocycles. The summed E-state index contributed by atoms with van der Waals surface area (Å²) < 4.78 is 0.749. The van der Waals surface area contributed by atoms with Crippen LogP contribution in [-0.2, 0) is 4.79 Å². The van der Waals surface area contributed by atoms with Crippen molar-refractivity contribution in [3.63, 3.8) is 0 Å². The molecule has 0 aliphatic heterocycles. The summed E-state index contributed by atoms with van der Waals surface area (Å²) in [7, 11) is 1.80. The zero-order valence-electron chi connectivity index (χ0n) is 14.8. The number of aromatic nitrogens is 2. The number of carbonyl (C=O) groups excluding carboxylic acids is 1. The number of thioether (sulfide) groups is 1. The number of carbonyl (C=O) groups is 1. The Bertz CT molecular complexity index is 896. The summed E-state index contributed by atoms with van der Waals surface area (Å²) in [5.41, 5.74) is 3.91. The number of nitrogens with one attached hydrogen (secondary N) is 2. The second-order valence-electron chi connectivity index (χ2n) is 5.84. The smallest absolute Gasteiger partial charge is 0.242 e. The van der Waals surface area contributed by atoms with Gasteiger partial charge in [-0.3, -0.25) is 4.79 Å². The number of aryl methyl sites for hydroxylation is 2. The molecule has 7 heteroatoms. The molecule has 0 aliphatic rings. The molecule has 1 atom stereocenters. The van der Waals surface area contributed by atoms with Gasteiger partial charge in [0.2, 0.25) is 11.0 Å². The quantitative estimate of drug-likeness (QED) is 0.605. The van der Waals surface area contributed by atoms with Crippen LogP contribution in [0.1, 0.15) is 21.9 Å². The molecule has 1 aromatic heterocycles. The van der Waals surface area contributed by atoms with E-state index in [1.54, 1.807) is 7.05 Å². The van der Waals surface area contributed by atoms with Gasteiger partial charge in [-0.1, -0.05) is 65.6 Å². The zero-order valence-corrected chi connectivity index (χ0v) is 16.4. The Morgan fingerprint density at radius 2 is 1.88 bits per heavy atom. The lowest BCUT2D eigenvalue weighted by Gasteiger charge is -2.17. The van der Waals surface area contributed by atoms with E-state index >= 15 is 0 Å². The molecule has 2 N–H and O–H groups in total. The molecular formula is C19H20N4OS2. The highest BCUT2D eigenvalue weighted by molar-refractivity contribution is 8.02. The van der Waals surface area contributed by atoms with Crippen molar-refractivity contribution in [3.8, 4) is 0 Å². The van der Waals surface area contributed by atoms with E-state index in [0.717, 1.165) is 31.8 Å². The van der Waals surface area contributed by atoms with Crippen LogP contribution in [0.15, 0.2) is 52.9 Å². The van der Waals surface area contributed by atoms with E-state index in [0.29, 0.717) is 0 Å². The third kappa shape index (κ3) is 4.42. The highest BCUT2D eigenvalue weighted by Crippen LogP contribution is 2.38. The maximum Gasteiger partial charge on any atom is 0.242 e. The van der Waals surface area contributed by atoms with Crippen molar-refractivity contribution < 1.29 is 4.79 Å². The molecule has 1 amide bonds. The van der Waals surface area contributed by atoms with Crippen molar-refractivity contribution in [2.24, 2.45) is 0 Å². The lowest BCUT2D eigenvalue weighted by molar-refractivity contribution is -0.115. The Hall–Kier alpha value is -2.38. The molecular weight excluding hydrogens is 364 g/mol. The molecule has 5 nitrogen and oxygen atoms in total. The van der Waals surface area contributed by atoms with Crippen molar-refractivity contribution in [2.45, 2.75) is 23.4 Å². The molecule has 26 heavy (non-hydrogen) atoms. The van der Waals surface area contributed by atoms with Crippen molar-refractivity contribution in [2.75, 3.05) is 17.7 Å². The number of nitrogens with zero attached hydrogens (tertiary/aromatic N) is 2. The van der Waals surface area contributed by atoms with E-state index in [1.165, 1.54) is 23.1 Å². The van der Waals surface area contributed by atoms with Gasteiger partial charge in [0.25, 0.3) is 0 Å². The molecule has 0 radical (unpaired) electrons. The average Bonchev–Trinajstić information content (AvgIpc) is 3.11. The van der Waals surface area contributed by atoms with Crippen LogP contribution in [0.25, 0.3) is 0 Å². The normalized spacial score (nSPS) is 11.8. The van der Waals surface area contributed by atoms with Crippen molar-refractivity contribution in [3.05, 3.63) is 65.2 Å². The summed E-state index contributed by atoms with van der Waals surface area (Å²) in [6.45, 7) is 4.00. The molecule has 2 aromatic carbocycles. The van der Waals surface area contributed by atoms with Crippen molar-refractivity contribution in [1.29, 1.82) is 0 Å². The minimum absolute atomic E-state index is 0.0730. The summed E-state index contributed by atoms with van der Waals surface area (Å²) in [6.07, 6.45) is 0. The third-order valence-electron chi connectivity index (χ3n) is 3.83. The van der Waals surface area contributed by atoms with Gasteiger partial charge in [-0.25, -0.2) is 0 Å². The van der Waals surface area contributed by atoms with Crippen LogP contribution in [0, 0.1) is 13.8 Å². The van der Waals surface area contributed by atoms with Gasteiger partial charge in [0.1, 0.15) is 5.25 Å². The van der Waals surface area contributed by atoms with Crippen LogP contribution in [0.2, 0.25) is 0 Å². The van der Waals surface area contributed by atoms with Gasteiger partial charge >= 0.3 is 0 Å². The van der Waals surface area contributed by atoms with Crippen LogP contribution in [0.3, 0.4) is 0 Å². The molecule has 1 heterocycles. The Labute approximate surface area is 161 Å². The Kier molecular flexibility index (Phi) is 5.90. The lowest BCUT2D eigenvalue weighted by Crippen LogP contribution is -2.19. The number of rotatable bonds is 6. The second kappa shape index (κ2) is 8.33. The zero-order chi connectivity index (χ0) is 18.5. The van der Waals surface area contributed by atoms with Gasteiger partial charge in [0.05, 0.1) is 0 Å². The first-order valence-electron chi connectivity index (χ1n) is 8.18. The first-order chi connectivity index (χ1) is 12.6. The van der Waals surface area contributed by atoms with Gasteiger partial charge in [-0.05, 0) is 36.6 Å². The first kappa shape index (κ1) is 18.4. The fraction of sp³-hybridized carbons (Fsp3) is 0.211. The summed E-state index contributed by atoms with van der Waals surface area (Å²) in [6, 6.07) is 15.8. The monoisotopic (exact) mass is 384 g/mol. The van der Waals surface area contributed by atoms with Crippen molar-refractivity contribution >= 4 is 39.8 Å². The third-order valence-corrected chi connectivity index (χ3v) is 6.11. The second-order valence-corrected chi connectivity index (χ2v) is 8.17. The van der Waals surface area contributed by atoms with E-state index in [2.05, 4.69) is 20.8 Å². The number of anilines is 2. The fourth-order valence-electron chi connectivity index (χ4n) is 2.43. The topological polar surface area (TPSA) is 66.9 Å². The van der Waals surface area contributed by atoms with Gasteiger partial charge in [0.15, 0.2) is 4.34 Å². The lowest BCUT2D eigenvalue weighted by atomic mass is 10.1. The number of hydrogen-bond acceptors (Lipinski definition) is 6. The van der Waals surface area contributed by atoms with Crippen LogP contribution in [0.4, 0.5) is 10.8 Å². The number of hydrogen-bond donors (Lipinski definition) is 2. The molecule has 0 saturated carbocycles. The van der Waals surface area contributed by atoms with Gasteiger partial charge in [-0.15, -0.1) is 10.2 Å². The van der Waals surface area contributed by atoms with E-state index in [-0.39, 0.29) is 5.91 Å². The number of amides is 1. The van der Waals surface area contributed by atoms with Crippen LogP contribution in [0.5, 0.6) is 0 Å². The number of benzene rings is 2. The molecule has 3 rings (SSSR count). The molecule has 0 fully saturated rings. The summed E-state index contributed by atoms with van der Waals surface area (Å²) in [5.74, 6) is -0.0730. The molecule has 0 unspecified atom stereocenters. The Balaban J connectivity index is 1.87. The van der Waals surface area contributed by atoms with E-state index in [9.17, 15) is 4.79 Å². The minimum Gasteiger partial charge on any atom is -0.363 e. The summed E-state index contributed by atoms with van der Waals surface area (Å²) in [5, 5.41) is 14.6. The van der Waals surface area contributed by atoms with Crippen molar-refractivity contribution in [1.82, 2.24) is 10.2 Å². The highest BCUT2D eigenvalue weighted by Gasteiger charge is 2.24. The summed E-state index contributed by atoms with van der Waals surface area (Å²) >= 11 is 2.84.